The molecule has 1 unspecified atom stereocenters. The van der Waals surface area contributed by atoms with Crippen molar-refractivity contribution < 1.29 is 9.47 Å². The van der Waals surface area contributed by atoms with Crippen molar-refractivity contribution in [1.82, 2.24) is 0 Å². The van der Waals surface area contributed by atoms with E-state index in [1.165, 1.54) is 38.5 Å². The average Bonchev–Trinajstić information content (AvgIpc) is 2.89. The van der Waals surface area contributed by atoms with Gasteiger partial charge in [0, 0.05) is 12.0 Å². The Hall–Kier alpha value is 0.270. The second-order valence-electron chi connectivity index (χ2n) is 5.02. The van der Waals surface area contributed by atoms with E-state index in [1.54, 1.807) is 0 Å². The summed E-state index contributed by atoms with van der Waals surface area (Å²) in [5.41, 5.74) is 0.377. The Bertz CT molecular complexity index is 184. The minimum absolute atomic E-state index is 0.364. The average molecular weight is 230 g/mol. The van der Waals surface area contributed by atoms with Crippen LogP contribution in [0.5, 0.6) is 0 Å². The molecule has 2 fully saturated rings. The SMILES string of the molecule is SCC1(COCC2CCCO2)CCCC1. The molecule has 0 aromatic rings. The lowest BCUT2D eigenvalue weighted by Crippen LogP contribution is -2.27. The van der Waals surface area contributed by atoms with Crippen molar-refractivity contribution >= 4 is 12.6 Å². The highest BCUT2D eigenvalue weighted by molar-refractivity contribution is 7.80. The summed E-state index contributed by atoms with van der Waals surface area (Å²) < 4.78 is 11.4. The third-order valence-electron chi connectivity index (χ3n) is 3.74. The van der Waals surface area contributed by atoms with E-state index in [9.17, 15) is 0 Å². The van der Waals surface area contributed by atoms with Gasteiger partial charge in [-0.2, -0.15) is 12.6 Å². The molecule has 0 aromatic carbocycles. The summed E-state index contributed by atoms with van der Waals surface area (Å²) in [7, 11) is 0. The molecule has 1 saturated carbocycles. The molecule has 3 heteroatoms. The second-order valence-corrected chi connectivity index (χ2v) is 5.33. The zero-order chi connectivity index (χ0) is 10.6. The molecule has 0 spiro atoms. The van der Waals surface area contributed by atoms with E-state index < -0.39 is 0 Å². The maximum absolute atomic E-state index is 5.82. The molecule has 2 aliphatic rings. The Labute approximate surface area is 98.1 Å². The van der Waals surface area contributed by atoms with E-state index in [0.29, 0.717) is 11.5 Å². The van der Waals surface area contributed by atoms with Gasteiger partial charge in [0.25, 0.3) is 0 Å². The summed E-state index contributed by atoms with van der Waals surface area (Å²) >= 11 is 4.47. The number of ether oxygens (including phenoxy) is 2. The van der Waals surface area contributed by atoms with Crippen LogP contribution < -0.4 is 0 Å². The topological polar surface area (TPSA) is 18.5 Å². The number of thiol groups is 1. The molecule has 0 bridgehead atoms. The number of hydrogen-bond donors (Lipinski definition) is 1. The van der Waals surface area contributed by atoms with Crippen LogP contribution in [0.2, 0.25) is 0 Å². The van der Waals surface area contributed by atoms with Gasteiger partial charge in [0.1, 0.15) is 0 Å². The van der Waals surface area contributed by atoms with Crippen LogP contribution in [-0.4, -0.2) is 31.7 Å². The monoisotopic (exact) mass is 230 g/mol. The maximum atomic E-state index is 5.82. The first-order valence-electron chi connectivity index (χ1n) is 6.15. The summed E-state index contributed by atoms with van der Waals surface area (Å²) in [6.07, 6.45) is 8.03. The van der Waals surface area contributed by atoms with Crippen molar-refractivity contribution in [3.05, 3.63) is 0 Å². The molecule has 88 valence electrons. The van der Waals surface area contributed by atoms with Crippen molar-refractivity contribution in [3.63, 3.8) is 0 Å². The van der Waals surface area contributed by atoms with Crippen molar-refractivity contribution in [2.45, 2.75) is 44.6 Å². The van der Waals surface area contributed by atoms with Crippen LogP contribution in [0, 0.1) is 5.41 Å². The first-order valence-corrected chi connectivity index (χ1v) is 6.78. The molecule has 0 radical (unpaired) electrons. The predicted molar refractivity (Wildman–Crippen MR) is 64.5 cm³/mol. The van der Waals surface area contributed by atoms with Crippen molar-refractivity contribution in [3.8, 4) is 0 Å². The fourth-order valence-corrected chi connectivity index (χ4v) is 3.06. The molecule has 0 aromatic heterocycles. The summed E-state index contributed by atoms with van der Waals surface area (Å²) in [6.45, 7) is 2.59. The fraction of sp³-hybridized carbons (Fsp3) is 1.00. The standard InChI is InChI=1S/C12H22O2S/c15-10-12(5-1-2-6-12)9-13-8-11-4-3-7-14-11/h11,15H,1-10H2. The van der Waals surface area contributed by atoms with Crippen LogP contribution in [0.3, 0.4) is 0 Å². The van der Waals surface area contributed by atoms with Crippen molar-refractivity contribution in [2.24, 2.45) is 5.41 Å². The van der Waals surface area contributed by atoms with Crippen LogP contribution in [0.25, 0.3) is 0 Å². The Morgan fingerprint density at radius 1 is 1.27 bits per heavy atom. The third kappa shape index (κ3) is 3.11. The molecule has 1 aliphatic carbocycles. The second kappa shape index (κ2) is 5.55. The van der Waals surface area contributed by atoms with E-state index in [2.05, 4.69) is 12.6 Å². The largest absolute Gasteiger partial charge is 0.378 e. The Morgan fingerprint density at radius 3 is 2.67 bits per heavy atom. The van der Waals surface area contributed by atoms with Gasteiger partial charge in [0.05, 0.1) is 19.3 Å². The predicted octanol–water partition coefficient (Wildman–Crippen LogP) is 2.67. The molecular formula is C12H22O2S. The lowest BCUT2D eigenvalue weighted by atomic mass is 9.90. The summed E-state index contributed by atoms with van der Waals surface area (Å²) in [4.78, 5) is 0. The molecule has 1 aliphatic heterocycles. The van der Waals surface area contributed by atoms with Crippen LogP contribution in [-0.2, 0) is 9.47 Å². The summed E-state index contributed by atoms with van der Waals surface area (Å²) in [5, 5.41) is 0. The molecule has 0 N–H and O–H groups in total. The lowest BCUT2D eigenvalue weighted by molar-refractivity contribution is -0.0112. The first-order chi connectivity index (χ1) is 7.35. The molecule has 0 amide bonds. The van der Waals surface area contributed by atoms with E-state index in [1.807, 2.05) is 0 Å². The smallest absolute Gasteiger partial charge is 0.0809 e. The molecular weight excluding hydrogens is 208 g/mol. The highest BCUT2D eigenvalue weighted by Gasteiger charge is 2.33. The molecule has 1 saturated heterocycles. The third-order valence-corrected chi connectivity index (χ3v) is 4.41. The van der Waals surface area contributed by atoms with Gasteiger partial charge in [-0.15, -0.1) is 0 Å². The van der Waals surface area contributed by atoms with Crippen molar-refractivity contribution in [2.75, 3.05) is 25.6 Å². The maximum Gasteiger partial charge on any atom is 0.0809 e. The summed E-state index contributed by atoms with van der Waals surface area (Å²) in [5.74, 6) is 0.971. The normalized spacial score (nSPS) is 29.8. The highest BCUT2D eigenvalue weighted by atomic mass is 32.1. The Morgan fingerprint density at radius 2 is 2.07 bits per heavy atom. The fourth-order valence-electron chi connectivity index (χ4n) is 2.66. The van der Waals surface area contributed by atoms with E-state index in [-0.39, 0.29) is 0 Å². The van der Waals surface area contributed by atoms with Gasteiger partial charge in [0.2, 0.25) is 0 Å². The van der Waals surface area contributed by atoms with Gasteiger partial charge in [0.15, 0.2) is 0 Å². The minimum atomic E-state index is 0.364. The van der Waals surface area contributed by atoms with Gasteiger partial charge in [-0.05, 0) is 31.4 Å². The van der Waals surface area contributed by atoms with Gasteiger partial charge in [-0.25, -0.2) is 0 Å². The van der Waals surface area contributed by atoms with Crippen LogP contribution >= 0.6 is 12.6 Å². The van der Waals surface area contributed by atoms with Crippen LogP contribution in [0.15, 0.2) is 0 Å². The molecule has 2 nitrogen and oxygen atoms in total. The van der Waals surface area contributed by atoms with Gasteiger partial charge >= 0.3 is 0 Å². The number of rotatable bonds is 5. The minimum Gasteiger partial charge on any atom is -0.378 e. The van der Waals surface area contributed by atoms with E-state index in [4.69, 9.17) is 9.47 Å². The summed E-state index contributed by atoms with van der Waals surface area (Å²) in [6, 6.07) is 0. The van der Waals surface area contributed by atoms with E-state index >= 15 is 0 Å². The highest BCUT2D eigenvalue weighted by Crippen LogP contribution is 2.39. The lowest BCUT2D eigenvalue weighted by Gasteiger charge is -2.27. The van der Waals surface area contributed by atoms with Crippen LogP contribution in [0.1, 0.15) is 38.5 Å². The molecule has 15 heavy (non-hydrogen) atoms. The Kier molecular flexibility index (Phi) is 4.35. The van der Waals surface area contributed by atoms with E-state index in [0.717, 1.165) is 25.6 Å². The Balaban J connectivity index is 1.67. The van der Waals surface area contributed by atoms with Gasteiger partial charge < -0.3 is 9.47 Å². The molecule has 1 atom stereocenters. The number of hydrogen-bond acceptors (Lipinski definition) is 3. The molecule has 1 heterocycles. The zero-order valence-electron chi connectivity index (χ0n) is 9.41. The van der Waals surface area contributed by atoms with Gasteiger partial charge in [-0.3, -0.25) is 0 Å². The zero-order valence-corrected chi connectivity index (χ0v) is 10.3. The van der Waals surface area contributed by atoms with Crippen LogP contribution in [0.4, 0.5) is 0 Å². The van der Waals surface area contributed by atoms with Gasteiger partial charge in [-0.1, -0.05) is 12.8 Å². The van der Waals surface area contributed by atoms with Crippen molar-refractivity contribution in [1.29, 1.82) is 0 Å². The molecule has 2 rings (SSSR count). The quantitative estimate of drug-likeness (QED) is 0.732. The first kappa shape index (κ1) is 11.7.